The second-order valence-corrected chi connectivity index (χ2v) is 4.07. The Labute approximate surface area is 103 Å². The number of benzene rings is 1. The van der Waals surface area contributed by atoms with Gasteiger partial charge < -0.3 is 9.47 Å². The van der Waals surface area contributed by atoms with Gasteiger partial charge in [0, 0.05) is 13.0 Å². The molecule has 17 heavy (non-hydrogen) atoms. The van der Waals surface area contributed by atoms with Crippen LogP contribution >= 0.6 is 0 Å². The summed E-state index contributed by atoms with van der Waals surface area (Å²) in [5.41, 5.74) is 1.34. The summed E-state index contributed by atoms with van der Waals surface area (Å²) in [7, 11) is 1.68. The van der Waals surface area contributed by atoms with Gasteiger partial charge in [0.15, 0.2) is 0 Å². The molecule has 0 heterocycles. The molecule has 1 aromatic rings. The molecule has 0 fully saturated rings. The van der Waals surface area contributed by atoms with Crippen molar-refractivity contribution < 1.29 is 9.47 Å². The van der Waals surface area contributed by atoms with E-state index in [1.807, 2.05) is 12.1 Å². The highest BCUT2D eigenvalue weighted by Crippen LogP contribution is 2.26. The fourth-order valence-electron chi connectivity index (χ4n) is 1.88. The molecule has 2 rings (SSSR count). The molecule has 1 aliphatic rings. The molecular formula is C15H18O2. The van der Waals surface area contributed by atoms with E-state index in [9.17, 15) is 0 Å². The van der Waals surface area contributed by atoms with E-state index in [-0.39, 0.29) is 0 Å². The minimum absolute atomic E-state index is 0.507. The van der Waals surface area contributed by atoms with E-state index in [2.05, 4.69) is 36.4 Å². The van der Waals surface area contributed by atoms with Crippen LogP contribution in [-0.2, 0) is 4.74 Å². The van der Waals surface area contributed by atoms with E-state index in [0.717, 1.165) is 12.2 Å². The quantitative estimate of drug-likeness (QED) is 0.722. The molecule has 0 aromatic heterocycles. The van der Waals surface area contributed by atoms with Crippen molar-refractivity contribution in [2.75, 3.05) is 20.3 Å². The third-order valence-electron chi connectivity index (χ3n) is 2.85. The fourth-order valence-corrected chi connectivity index (χ4v) is 1.88. The number of rotatable bonds is 5. The molecule has 0 aliphatic heterocycles. The molecule has 1 aromatic carbocycles. The largest absolute Gasteiger partial charge is 0.491 e. The number of hydrogen-bond acceptors (Lipinski definition) is 2. The SMILES string of the molecule is COCCOc1ccc(C2C=CC=CC2)cc1. The lowest BCUT2D eigenvalue weighted by Gasteiger charge is -2.14. The maximum absolute atomic E-state index is 5.53. The summed E-state index contributed by atoms with van der Waals surface area (Å²) in [6.07, 6.45) is 9.73. The normalized spacial score (nSPS) is 18.3. The highest BCUT2D eigenvalue weighted by Gasteiger charge is 2.07. The van der Waals surface area contributed by atoms with Crippen LogP contribution in [0.1, 0.15) is 17.9 Å². The van der Waals surface area contributed by atoms with Gasteiger partial charge in [-0.3, -0.25) is 0 Å². The van der Waals surface area contributed by atoms with E-state index < -0.39 is 0 Å². The Bertz CT molecular complexity index is 390. The van der Waals surface area contributed by atoms with Crippen molar-refractivity contribution in [2.45, 2.75) is 12.3 Å². The van der Waals surface area contributed by atoms with Gasteiger partial charge in [0.2, 0.25) is 0 Å². The Morgan fingerprint density at radius 1 is 1.12 bits per heavy atom. The Hall–Kier alpha value is -1.54. The van der Waals surface area contributed by atoms with Gasteiger partial charge in [-0.2, -0.15) is 0 Å². The summed E-state index contributed by atoms with van der Waals surface area (Å²) >= 11 is 0. The molecule has 2 heteroatoms. The molecule has 1 aliphatic carbocycles. The van der Waals surface area contributed by atoms with Crippen molar-refractivity contribution in [3.05, 3.63) is 54.1 Å². The van der Waals surface area contributed by atoms with E-state index in [4.69, 9.17) is 9.47 Å². The van der Waals surface area contributed by atoms with Gasteiger partial charge in [-0.15, -0.1) is 0 Å². The summed E-state index contributed by atoms with van der Waals surface area (Å²) in [4.78, 5) is 0. The highest BCUT2D eigenvalue weighted by molar-refractivity contribution is 5.33. The lowest BCUT2D eigenvalue weighted by Crippen LogP contribution is -2.04. The number of ether oxygens (including phenoxy) is 2. The van der Waals surface area contributed by atoms with Crippen molar-refractivity contribution in [1.29, 1.82) is 0 Å². The lowest BCUT2D eigenvalue weighted by molar-refractivity contribution is 0.146. The lowest BCUT2D eigenvalue weighted by atomic mass is 9.93. The first kappa shape index (κ1) is 11.9. The standard InChI is InChI=1S/C15H18O2/c1-16-11-12-17-15-9-7-14(8-10-15)13-5-3-2-4-6-13/h2-5,7-10,13H,6,11-12H2,1H3. The minimum Gasteiger partial charge on any atom is -0.491 e. The molecule has 1 atom stereocenters. The van der Waals surface area contributed by atoms with Gasteiger partial charge in [-0.1, -0.05) is 36.4 Å². The Morgan fingerprint density at radius 2 is 1.94 bits per heavy atom. The van der Waals surface area contributed by atoms with Crippen molar-refractivity contribution in [3.63, 3.8) is 0 Å². The first-order chi connectivity index (χ1) is 8.40. The molecule has 0 bridgehead atoms. The zero-order valence-electron chi connectivity index (χ0n) is 10.1. The van der Waals surface area contributed by atoms with Gasteiger partial charge in [-0.05, 0) is 24.1 Å². The molecule has 1 unspecified atom stereocenters. The van der Waals surface area contributed by atoms with Crippen LogP contribution in [0.4, 0.5) is 0 Å². The van der Waals surface area contributed by atoms with Gasteiger partial charge in [0.1, 0.15) is 12.4 Å². The van der Waals surface area contributed by atoms with Crippen LogP contribution in [0.3, 0.4) is 0 Å². The Morgan fingerprint density at radius 3 is 2.59 bits per heavy atom. The van der Waals surface area contributed by atoms with Gasteiger partial charge in [0.25, 0.3) is 0 Å². The molecular weight excluding hydrogens is 212 g/mol. The topological polar surface area (TPSA) is 18.5 Å². The number of methoxy groups -OCH3 is 1. The Balaban J connectivity index is 1.93. The fraction of sp³-hybridized carbons (Fsp3) is 0.333. The maximum Gasteiger partial charge on any atom is 0.119 e. The average Bonchev–Trinajstić information content (AvgIpc) is 2.41. The first-order valence-electron chi connectivity index (χ1n) is 5.95. The monoisotopic (exact) mass is 230 g/mol. The van der Waals surface area contributed by atoms with Crippen LogP contribution in [0.5, 0.6) is 5.75 Å². The second-order valence-electron chi connectivity index (χ2n) is 4.07. The van der Waals surface area contributed by atoms with E-state index >= 15 is 0 Å². The maximum atomic E-state index is 5.53. The third-order valence-corrected chi connectivity index (χ3v) is 2.85. The van der Waals surface area contributed by atoms with Crippen molar-refractivity contribution in [1.82, 2.24) is 0 Å². The summed E-state index contributed by atoms with van der Waals surface area (Å²) < 4.78 is 10.5. The Kier molecular flexibility index (Phi) is 4.39. The van der Waals surface area contributed by atoms with Crippen LogP contribution in [0.2, 0.25) is 0 Å². The van der Waals surface area contributed by atoms with E-state index in [1.165, 1.54) is 5.56 Å². The molecule has 2 nitrogen and oxygen atoms in total. The summed E-state index contributed by atoms with van der Waals surface area (Å²) in [6, 6.07) is 8.32. The van der Waals surface area contributed by atoms with Crippen molar-refractivity contribution in [2.24, 2.45) is 0 Å². The third kappa shape index (κ3) is 3.46. The van der Waals surface area contributed by atoms with Crippen LogP contribution in [0.15, 0.2) is 48.6 Å². The second kappa shape index (κ2) is 6.26. The highest BCUT2D eigenvalue weighted by atomic mass is 16.5. The molecule has 0 spiro atoms. The molecule has 0 radical (unpaired) electrons. The molecule has 90 valence electrons. The van der Waals surface area contributed by atoms with Crippen molar-refractivity contribution >= 4 is 0 Å². The van der Waals surface area contributed by atoms with Gasteiger partial charge in [-0.25, -0.2) is 0 Å². The summed E-state index contributed by atoms with van der Waals surface area (Å²) in [6.45, 7) is 1.22. The molecule has 0 N–H and O–H groups in total. The predicted octanol–water partition coefficient (Wildman–Crippen LogP) is 3.31. The average molecular weight is 230 g/mol. The summed E-state index contributed by atoms with van der Waals surface area (Å²) in [5, 5.41) is 0. The van der Waals surface area contributed by atoms with E-state index in [0.29, 0.717) is 19.1 Å². The van der Waals surface area contributed by atoms with Crippen LogP contribution in [0, 0.1) is 0 Å². The minimum atomic E-state index is 0.507. The van der Waals surface area contributed by atoms with Gasteiger partial charge in [0.05, 0.1) is 6.61 Å². The molecule has 0 amide bonds. The smallest absolute Gasteiger partial charge is 0.119 e. The molecule has 0 saturated heterocycles. The van der Waals surface area contributed by atoms with Crippen LogP contribution < -0.4 is 4.74 Å². The van der Waals surface area contributed by atoms with E-state index in [1.54, 1.807) is 7.11 Å². The number of hydrogen-bond donors (Lipinski definition) is 0. The van der Waals surface area contributed by atoms with Gasteiger partial charge >= 0.3 is 0 Å². The zero-order valence-corrected chi connectivity index (χ0v) is 10.1. The van der Waals surface area contributed by atoms with Crippen LogP contribution in [0.25, 0.3) is 0 Å². The number of allylic oxidation sites excluding steroid dienone is 4. The first-order valence-corrected chi connectivity index (χ1v) is 5.95. The van der Waals surface area contributed by atoms with Crippen LogP contribution in [-0.4, -0.2) is 20.3 Å². The summed E-state index contributed by atoms with van der Waals surface area (Å²) in [5.74, 6) is 1.41. The predicted molar refractivity (Wildman–Crippen MR) is 69.5 cm³/mol. The molecule has 0 saturated carbocycles. The zero-order chi connectivity index (χ0) is 11.9. The van der Waals surface area contributed by atoms with Crippen molar-refractivity contribution in [3.8, 4) is 5.75 Å².